The molecule has 2 saturated heterocycles. The highest BCUT2D eigenvalue weighted by Crippen LogP contribution is 2.28. The van der Waals surface area contributed by atoms with Crippen LogP contribution in [-0.4, -0.2) is 53.0 Å². The lowest BCUT2D eigenvalue weighted by Gasteiger charge is -2.22. The quantitative estimate of drug-likeness (QED) is 0.915. The summed E-state index contributed by atoms with van der Waals surface area (Å²) in [4.78, 5) is 32.2. The van der Waals surface area contributed by atoms with E-state index < -0.39 is 11.9 Å². The Hall–Kier alpha value is -2.11. The molecule has 1 aromatic rings. The minimum atomic E-state index is -0.825. The molecule has 3 rings (SSSR count). The fourth-order valence-corrected chi connectivity index (χ4v) is 3.37. The number of amides is 1. The van der Waals surface area contributed by atoms with Crippen LogP contribution in [0.5, 0.6) is 0 Å². The summed E-state index contributed by atoms with van der Waals surface area (Å²) in [5.41, 5.74) is 0.586. The molecule has 1 N–H and O–H groups in total. The number of likely N-dealkylation sites (tertiary alicyclic amines) is 1. The highest BCUT2D eigenvalue weighted by Gasteiger charge is 2.38. The summed E-state index contributed by atoms with van der Waals surface area (Å²) >= 11 is 0. The third-order valence-electron chi connectivity index (χ3n) is 4.64. The molecule has 0 radical (unpaired) electrons. The molecule has 0 saturated carbocycles. The zero-order valence-electron chi connectivity index (χ0n) is 12.7. The van der Waals surface area contributed by atoms with Crippen LogP contribution in [0.25, 0.3) is 0 Å². The molecule has 6 nitrogen and oxygen atoms in total. The van der Waals surface area contributed by atoms with Crippen molar-refractivity contribution >= 4 is 17.7 Å². The Kier molecular flexibility index (Phi) is 4.00. The maximum absolute atomic E-state index is 12.8. The number of hydrogen-bond acceptors (Lipinski definition) is 4. The summed E-state index contributed by atoms with van der Waals surface area (Å²) in [6.45, 7) is 4.50. The van der Waals surface area contributed by atoms with Gasteiger partial charge >= 0.3 is 5.97 Å². The van der Waals surface area contributed by atoms with Crippen LogP contribution in [0, 0.1) is 11.8 Å². The third kappa shape index (κ3) is 2.65. The summed E-state index contributed by atoms with van der Waals surface area (Å²) in [5, 5.41) is 9.22. The van der Waals surface area contributed by atoms with Gasteiger partial charge in [0.1, 0.15) is 5.82 Å². The molecule has 118 valence electrons. The van der Waals surface area contributed by atoms with Crippen molar-refractivity contribution in [3.63, 3.8) is 0 Å². The van der Waals surface area contributed by atoms with Gasteiger partial charge in [-0.25, -0.2) is 4.98 Å². The number of carboxylic acid groups (broad SMARTS) is 1. The first-order valence-corrected chi connectivity index (χ1v) is 7.80. The predicted octanol–water partition coefficient (Wildman–Crippen LogP) is 1.47. The lowest BCUT2D eigenvalue weighted by molar-refractivity contribution is -0.142. The molecule has 3 heterocycles. The van der Waals surface area contributed by atoms with Crippen molar-refractivity contribution in [3.8, 4) is 0 Å². The number of carbonyl (C=O) groups is 2. The number of rotatable bonds is 3. The van der Waals surface area contributed by atoms with E-state index >= 15 is 0 Å². The van der Waals surface area contributed by atoms with Crippen LogP contribution < -0.4 is 4.90 Å². The van der Waals surface area contributed by atoms with Gasteiger partial charge in [0, 0.05) is 32.4 Å². The predicted molar refractivity (Wildman–Crippen MR) is 81.9 cm³/mol. The lowest BCUT2D eigenvalue weighted by Crippen LogP contribution is -2.32. The molecule has 2 fully saturated rings. The molecule has 0 bridgehead atoms. The highest BCUT2D eigenvalue weighted by molar-refractivity contribution is 5.99. The summed E-state index contributed by atoms with van der Waals surface area (Å²) in [5.74, 6) is -0.694. The number of carbonyl (C=O) groups excluding carboxylic acids is 1. The van der Waals surface area contributed by atoms with E-state index in [1.54, 1.807) is 23.2 Å². The van der Waals surface area contributed by atoms with Crippen molar-refractivity contribution in [1.29, 1.82) is 0 Å². The van der Waals surface area contributed by atoms with Crippen LogP contribution in [0.1, 0.15) is 30.1 Å². The number of aromatic nitrogens is 1. The van der Waals surface area contributed by atoms with Crippen LogP contribution in [0.3, 0.4) is 0 Å². The van der Waals surface area contributed by atoms with E-state index in [4.69, 9.17) is 0 Å². The third-order valence-corrected chi connectivity index (χ3v) is 4.64. The summed E-state index contributed by atoms with van der Waals surface area (Å²) < 4.78 is 0. The summed E-state index contributed by atoms with van der Waals surface area (Å²) in [6.07, 6.45) is 3.94. The van der Waals surface area contributed by atoms with E-state index in [0.29, 0.717) is 12.1 Å². The van der Waals surface area contributed by atoms with E-state index in [1.807, 2.05) is 6.92 Å². The Balaban J connectivity index is 1.82. The molecular formula is C16H21N3O3. The van der Waals surface area contributed by atoms with Gasteiger partial charge in [-0.15, -0.1) is 0 Å². The molecule has 2 atom stereocenters. The smallest absolute Gasteiger partial charge is 0.308 e. The van der Waals surface area contributed by atoms with Crippen molar-refractivity contribution in [2.24, 2.45) is 11.8 Å². The molecule has 6 heteroatoms. The van der Waals surface area contributed by atoms with Crippen LogP contribution >= 0.6 is 0 Å². The fraction of sp³-hybridized carbons (Fsp3) is 0.562. The first-order chi connectivity index (χ1) is 10.6. The molecule has 2 aliphatic heterocycles. The van der Waals surface area contributed by atoms with Crippen LogP contribution in [0.15, 0.2) is 18.3 Å². The first-order valence-electron chi connectivity index (χ1n) is 7.80. The SMILES string of the molecule is C[C@@H]1CN(C(=O)c2cccnc2N2CCCC2)C[C@H]1C(=O)O. The monoisotopic (exact) mass is 303 g/mol. The zero-order chi connectivity index (χ0) is 15.7. The molecular weight excluding hydrogens is 282 g/mol. The van der Waals surface area contributed by atoms with Gasteiger partial charge in [0.2, 0.25) is 0 Å². The molecule has 1 aromatic heterocycles. The lowest BCUT2D eigenvalue weighted by atomic mass is 9.99. The molecule has 0 spiro atoms. The summed E-state index contributed by atoms with van der Waals surface area (Å²) in [6, 6.07) is 3.56. The average Bonchev–Trinajstić information content (AvgIpc) is 3.15. The van der Waals surface area contributed by atoms with E-state index in [9.17, 15) is 14.7 Å². The highest BCUT2D eigenvalue weighted by atomic mass is 16.4. The van der Waals surface area contributed by atoms with Gasteiger partial charge in [-0.3, -0.25) is 9.59 Å². The topological polar surface area (TPSA) is 73.7 Å². The van der Waals surface area contributed by atoms with Gasteiger partial charge in [0.05, 0.1) is 11.5 Å². The second kappa shape index (κ2) is 5.94. The van der Waals surface area contributed by atoms with E-state index in [0.717, 1.165) is 31.7 Å². The number of carboxylic acids is 1. The number of aliphatic carboxylic acids is 1. The van der Waals surface area contributed by atoms with Gasteiger partial charge in [-0.1, -0.05) is 6.92 Å². The second-order valence-corrected chi connectivity index (χ2v) is 6.20. The van der Waals surface area contributed by atoms with Gasteiger partial charge in [-0.05, 0) is 30.9 Å². The largest absolute Gasteiger partial charge is 0.481 e. The number of pyridine rings is 1. The van der Waals surface area contributed by atoms with Crippen LogP contribution in [-0.2, 0) is 4.79 Å². The number of anilines is 1. The Morgan fingerprint density at radius 3 is 2.64 bits per heavy atom. The van der Waals surface area contributed by atoms with Crippen LogP contribution in [0.4, 0.5) is 5.82 Å². The van der Waals surface area contributed by atoms with E-state index in [2.05, 4.69) is 9.88 Å². The molecule has 2 aliphatic rings. The minimum absolute atomic E-state index is 0.0200. The molecule has 0 unspecified atom stereocenters. The van der Waals surface area contributed by atoms with Crippen molar-refractivity contribution in [3.05, 3.63) is 23.9 Å². The standard InChI is InChI=1S/C16H21N3O3/c1-11-9-19(10-13(11)16(21)22)15(20)12-5-4-6-17-14(12)18-7-2-3-8-18/h4-6,11,13H,2-3,7-10H2,1H3,(H,21,22)/t11-,13-/m1/s1. The van der Waals surface area contributed by atoms with Crippen molar-refractivity contribution in [2.45, 2.75) is 19.8 Å². The van der Waals surface area contributed by atoms with Crippen molar-refractivity contribution in [1.82, 2.24) is 9.88 Å². The fourth-order valence-electron chi connectivity index (χ4n) is 3.37. The van der Waals surface area contributed by atoms with E-state index in [-0.39, 0.29) is 18.4 Å². The normalized spacial score (nSPS) is 24.8. The number of nitrogens with zero attached hydrogens (tertiary/aromatic N) is 3. The molecule has 0 aromatic carbocycles. The minimum Gasteiger partial charge on any atom is -0.481 e. The van der Waals surface area contributed by atoms with Gasteiger partial charge < -0.3 is 14.9 Å². The molecule has 0 aliphatic carbocycles. The Labute approximate surface area is 129 Å². The van der Waals surface area contributed by atoms with Gasteiger partial charge in [0.15, 0.2) is 0 Å². The maximum atomic E-state index is 12.8. The molecule has 22 heavy (non-hydrogen) atoms. The van der Waals surface area contributed by atoms with E-state index in [1.165, 1.54) is 0 Å². The summed E-state index contributed by atoms with van der Waals surface area (Å²) in [7, 11) is 0. The first kappa shape index (κ1) is 14.8. The van der Waals surface area contributed by atoms with Crippen molar-refractivity contribution < 1.29 is 14.7 Å². The molecule has 1 amide bonds. The van der Waals surface area contributed by atoms with Crippen molar-refractivity contribution in [2.75, 3.05) is 31.1 Å². The van der Waals surface area contributed by atoms with Crippen LogP contribution in [0.2, 0.25) is 0 Å². The Morgan fingerprint density at radius 2 is 2.00 bits per heavy atom. The Bertz CT molecular complexity index is 584. The number of hydrogen-bond donors (Lipinski definition) is 1. The second-order valence-electron chi connectivity index (χ2n) is 6.20. The average molecular weight is 303 g/mol. The van der Waals surface area contributed by atoms with Gasteiger partial charge in [0.25, 0.3) is 5.91 Å². The van der Waals surface area contributed by atoms with Gasteiger partial charge in [-0.2, -0.15) is 0 Å². The Morgan fingerprint density at radius 1 is 1.27 bits per heavy atom. The zero-order valence-corrected chi connectivity index (χ0v) is 12.7. The maximum Gasteiger partial charge on any atom is 0.308 e.